The number of amidine groups is 1. The average Bonchev–Trinajstić information content (AvgIpc) is 2.55. The smallest absolute Gasteiger partial charge is 0.237 e. The second-order valence-electron chi connectivity index (χ2n) is 5.34. The normalized spacial score (nSPS) is 21.1. The summed E-state index contributed by atoms with van der Waals surface area (Å²) >= 11 is 0. The van der Waals surface area contributed by atoms with E-state index in [9.17, 15) is 9.90 Å². The van der Waals surface area contributed by atoms with Crippen molar-refractivity contribution in [2.45, 2.75) is 18.8 Å². The Balaban J connectivity index is 2.23. The van der Waals surface area contributed by atoms with Crippen molar-refractivity contribution in [3.8, 4) is 0 Å². The molecule has 0 spiro atoms. The third kappa shape index (κ3) is 3.52. The number of rotatable bonds is 4. The van der Waals surface area contributed by atoms with E-state index in [4.69, 9.17) is 10.9 Å². The lowest BCUT2D eigenvalue weighted by atomic mass is 9.93. The number of carbonyl (C=O) groups is 1. The van der Waals surface area contributed by atoms with Gasteiger partial charge in [0.15, 0.2) is 5.84 Å². The minimum atomic E-state index is -0.784. The second-order valence-corrected chi connectivity index (χ2v) is 5.34. The van der Waals surface area contributed by atoms with Crippen LogP contribution in [-0.2, 0) is 4.79 Å². The van der Waals surface area contributed by atoms with Gasteiger partial charge in [0.1, 0.15) is 5.92 Å². The number of amides is 1. The van der Waals surface area contributed by atoms with Gasteiger partial charge in [0.2, 0.25) is 5.91 Å². The predicted molar refractivity (Wildman–Crippen MR) is 79.0 cm³/mol. The molecule has 1 aromatic rings. The number of piperidine rings is 1. The van der Waals surface area contributed by atoms with Crippen molar-refractivity contribution >= 4 is 11.7 Å². The Morgan fingerprint density at radius 1 is 1.43 bits per heavy atom. The summed E-state index contributed by atoms with van der Waals surface area (Å²) in [6.45, 7) is 1.22. The molecule has 114 valence electrons. The largest absolute Gasteiger partial charge is 0.409 e. The van der Waals surface area contributed by atoms with Crippen LogP contribution < -0.4 is 5.73 Å². The maximum Gasteiger partial charge on any atom is 0.237 e. The Morgan fingerprint density at radius 3 is 2.76 bits per heavy atom. The van der Waals surface area contributed by atoms with E-state index in [1.54, 1.807) is 17.0 Å². The summed E-state index contributed by atoms with van der Waals surface area (Å²) < 4.78 is 0. The summed E-state index contributed by atoms with van der Waals surface area (Å²) in [5, 5.41) is 21.3. The Bertz CT molecular complexity index is 504. The van der Waals surface area contributed by atoms with E-state index in [1.807, 2.05) is 18.2 Å². The first-order valence-electron chi connectivity index (χ1n) is 7.09. The van der Waals surface area contributed by atoms with Crippen LogP contribution in [0.2, 0.25) is 0 Å². The third-order valence-corrected chi connectivity index (χ3v) is 3.88. The number of aliphatic hydroxyl groups is 1. The van der Waals surface area contributed by atoms with Crippen molar-refractivity contribution < 1.29 is 15.1 Å². The topological polar surface area (TPSA) is 99.2 Å². The number of nitrogens with two attached hydrogens (primary N) is 1. The molecule has 6 heteroatoms. The molecule has 0 radical (unpaired) electrons. The zero-order valence-electron chi connectivity index (χ0n) is 11.9. The summed E-state index contributed by atoms with van der Waals surface area (Å²) in [6, 6.07) is 9.04. The Hall–Kier alpha value is -2.08. The molecule has 1 aliphatic rings. The Kier molecular flexibility index (Phi) is 5.16. The molecule has 4 N–H and O–H groups in total. The summed E-state index contributed by atoms with van der Waals surface area (Å²) in [6.07, 6.45) is 1.77. The van der Waals surface area contributed by atoms with Crippen molar-refractivity contribution in [2.24, 2.45) is 16.8 Å². The molecule has 0 saturated carbocycles. The Morgan fingerprint density at radius 2 is 2.14 bits per heavy atom. The lowest BCUT2D eigenvalue weighted by molar-refractivity contribution is -0.133. The van der Waals surface area contributed by atoms with E-state index in [1.165, 1.54) is 0 Å². The fourth-order valence-electron chi connectivity index (χ4n) is 2.74. The number of likely N-dealkylation sites (tertiary alicyclic amines) is 1. The average molecular weight is 291 g/mol. The molecule has 2 atom stereocenters. The maximum absolute atomic E-state index is 12.7. The first kappa shape index (κ1) is 15.3. The van der Waals surface area contributed by atoms with Crippen molar-refractivity contribution in [1.82, 2.24) is 4.90 Å². The highest BCUT2D eigenvalue weighted by atomic mass is 16.4. The molecule has 0 aromatic heterocycles. The van der Waals surface area contributed by atoms with Crippen LogP contribution in [0, 0.1) is 5.92 Å². The van der Waals surface area contributed by atoms with Crippen molar-refractivity contribution in [1.29, 1.82) is 0 Å². The lowest BCUT2D eigenvalue weighted by Gasteiger charge is -2.34. The van der Waals surface area contributed by atoms with Gasteiger partial charge in [-0.3, -0.25) is 4.79 Å². The minimum Gasteiger partial charge on any atom is -0.409 e. The first-order chi connectivity index (χ1) is 10.2. The van der Waals surface area contributed by atoms with Gasteiger partial charge in [-0.05, 0) is 24.3 Å². The van der Waals surface area contributed by atoms with Crippen molar-refractivity contribution in [3.05, 3.63) is 35.9 Å². The molecule has 1 aromatic carbocycles. The molecule has 1 fully saturated rings. The van der Waals surface area contributed by atoms with Gasteiger partial charge in [0.05, 0.1) is 0 Å². The number of hydrogen-bond acceptors (Lipinski definition) is 4. The van der Waals surface area contributed by atoms with Gasteiger partial charge >= 0.3 is 0 Å². The van der Waals surface area contributed by atoms with Gasteiger partial charge in [-0.15, -0.1) is 0 Å². The quantitative estimate of drug-likeness (QED) is 0.330. The van der Waals surface area contributed by atoms with E-state index >= 15 is 0 Å². The van der Waals surface area contributed by atoms with Crippen LogP contribution in [-0.4, -0.2) is 46.7 Å². The highest BCUT2D eigenvalue weighted by Gasteiger charge is 2.32. The van der Waals surface area contributed by atoms with Gasteiger partial charge in [0.25, 0.3) is 0 Å². The fourth-order valence-corrected chi connectivity index (χ4v) is 2.74. The summed E-state index contributed by atoms with van der Waals surface area (Å²) in [4.78, 5) is 14.4. The van der Waals surface area contributed by atoms with Crippen LogP contribution in [0.25, 0.3) is 0 Å². The van der Waals surface area contributed by atoms with E-state index < -0.39 is 5.92 Å². The molecule has 0 bridgehead atoms. The van der Waals surface area contributed by atoms with Crippen LogP contribution >= 0.6 is 0 Å². The van der Waals surface area contributed by atoms with E-state index in [0.717, 1.165) is 12.8 Å². The highest BCUT2D eigenvalue weighted by Crippen LogP contribution is 2.23. The number of nitrogens with zero attached hydrogens (tertiary/aromatic N) is 2. The van der Waals surface area contributed by atoms with Gasteiger partial charge in [-0.2, -0.15) is 0 Å². The molecule has 2 unspecified atom stereocenters. The molecule has 21 heavy (non-hydrogen) atoms. The van der Waals surface area contributed by atoms with E-state index in [-0.39, 0.29) is 24.3 Å². The monoisotopic (exact) mass is 291 g/mol. The van der Waals surface area contributed by atoms with Crippen LogP contribution in [0.3, 0.4) is 0 Å². The molecule has 1 saturated heterocycles. The molecule has 1 heterocycles. The zero-order valence-corrected chi connectivity index (χ0v) is 11.9. The van der Waals surface area contributed by atoms with Crippen LogP contribution in [0.15, 0.2) is 35.5 Å². The number of oxime groups is 1. The number of carbonyl (C=O) groups excluding carboxylic acids is 1. The first-order valence-corrected chi connectivity index (χ1v) is 7.09. The molecule has 1 amide bonds. The van der Waals surface area contributed by atoms with E-state index in [2.05, 4.69) is 5.16 Å². The van der Waals surface area contributed by atoms with Crippen LogP contribution in [0.4, 0.5) is 0 Å². The molecule has 0 aliphatic carbocycles. The van der Waals surface area contributed by atoms with Crippen molar-refractivity contribution in [2.75, 3.05) is 19.7 Å². The predicted octanol–water partition coefficient (Wildman–Crippen LogP) is 0.747. The second kappa shape index (κ2) is 7.08. The van der Waals surface area contributed by atoms with Gasteiger partial charge < -0.3 is 20.9 Å². The zero-order chi connectivity index (χ0) is 15.2. The minimum absolute atomic E-state index is 0.0728. The molecular formula is C15H21N3O3. The highest BCUT2D eigenvalue weighted by molar-refractivity contribution is 6.07. The third-order valence-electron chi connectivity index (χ3n) is 3.88. The van der Waals surface area contributed by atoms with Crippen LogP contribution in [0.5, 0.6) is 0 Å². The summed E-state index contributed by atoms with van der Waals surface area (Å²) in [5.41, 5.74) is 6.43. The SMILES string of the molecule is NC(=NO)C(C(=O)N1CCCC(CO)C1)c1ccccc1. The standard InChI is InChI=1S/C15H21N3O3/c16-14(17-21)13(12-6-2-1-3-7-12)15(20)18-8-4-5-11(9-18)10-19/h1-3,6-7,11,13,19,21H,4-5,8-10H2,(H2,16,17). The maximum atomic E-state index is 12.7. The van der Waals surface area contributed by atoms with Gasteiger partial charge in [0, 0.05) is 19.7 Å². The summed E-state index contributed by atoms with van der Waals surface area (Å²) in [7, 11) is 0. The number of hydrogen-bond donors (Lipinski definition) is 3. The van der Waals surface area contributed by atoms with Crippen molar-refractivity contribution in [3.63, 3.8) is 0 Å². The van der Waals surface area contributed by atoms with E-state index in [0.29, 0.717) is 18.7 Å². The molecule has 2 rings (SSSR count). The lowest BCUT2D eigenvalue weighted by Crippen LogP contribution is -2.46. The molecule has 1 aliphatic heterocycles. The van der Waals surface area contributed by atoms with Gasteiger partial charge in [-0.1, -0.05) is 35.5 Å². The van der Waals surface area contributed by atoms with Crippen LogP contribution in [0.1, 0.15) is 24.3 Å². The molecular weight excluding hydrogens is 270 g/mol. The summed E-state index contributed by atoms with van der Waals surface area (Å²) in [5.74, 6) is -0.980. The van der Waals surface area contributed by atoms with Gasteiger partial charge in [-0.25, -0.2) is 0 Å². The number of benzene rings is 1. The fraction of sp³-hybridized carbons (Fsp3) is 0.467. The molecule has 6 nitrogen and oxygen atoms in total. The number of aliphatic hydroxyl groups excluding tert-OH is 1. The Labute approximate surface area is 123 Å².